The van der Waals surface area contributed by atoms with Crippen LogP contribution in [0.2, 0.25) is 0 Å². The molecule has 3 heterocycles. The van der Waals surface area contributed by atoms with Gasteiger partial charge in [0.2, 0.25) is 11.9 Å². The molecule has 1 saturated carbocycles. The van der Waals surface area contributed by atoms with Crippen molar-refractivity contribution in [3.05, 3.63) is 17.5 Å². The van der Waals surface area contributed by atoms with Gasteiger partial charge in [-0.1, -0.05) is 6.42 Å². The topological polar surface area (TPSA) is 49.3 Å². The van der Waals surface area contributed by atoms with Crippen LogP contribution < -0.4 is 4.90 Å². The van der Waals surface area contributed by atoms with Gasteiger partial charge in [-0.2, -0.15) is 0 Å². The minimum atomic E-state index is -0.198. The number of piperidine rings is 1. The lowest BCUT2D eigenvalue weighted by atomic mass is 9.78. The number of hydrogen-bond acceptors (Lipinski definition) is 4. The van der Waals surface area contributed by atoms with Gasteiger partial charge in [0, 0.05) is 44.0 Å². The molecule has 1 aliphatic carbocycles. The SMILES string of the molecule is Cc1cc(C2CCC2)nc(N2CC[C@@]3(CCCN(C)C3=O)C2)n1. The first-order valence-electron chi connectivity index (χ1n) is 8.93. The molecular formula is C18H26N4O. The summed E-state index contributed by atoms with van der Waals surface area (Å²) in [5.74, 6) is 1.78. The lowest BCUT2D eigenvalue weighted by Crippen LogP contribution is -2.48. The molecule has 3 fully saturated rings. The Morgan fingerprint density at radius 1 is 1.17 bits per heavy atom. The summed E-state index contributed by atoms with van der Waals surface area (Å²) < 4.78 is 0. The fourth-order valence-corrected chi connectivity index (χ4v) is 4.32. The zero-order valence-corrected chi connectivity index (χ0v) is 14.2. The van der Waals surface area contributed by atoms with E-state index in [4.69, 9.17) is 4.98 Å². The van der Waals surface area contributed by atoms with Crippen LogP contribution in [0.4, 0.5) is 5.95 Å². The van der Waals surface area contributed by atoms with Gasteiger partial charge in [0.05, 0.1) is 5.41 Å². The summed E-state index contributed by atoms with van der Waals surface area (Å²) in [6.45, 7) is 4.63. The summed E-state index contributed by atoms with van der Waals surface area (Å²) >= 11 is 0. The number of carbonyl (C=O) groups is 1. The smallest absolute Gasteiger partial charge is 0.230 e. The van der Waals surface area contributed by atoms with Crippen LogP contribution in [-0.4, -0.2) is 47.5 Å². The predicted octanol–water partition coefficient (Wildman–Crippen LogP) is 2.50. The van der Waals surface area contributed by atoms with Gasteiger partial charge in [-0.05, 0) is 45.1 Å². The van der Waals surface area contributed by atoms with Gasteiger partial charge in [-0.15, -0.1) is 0 Å². The Hall–Kier alpha value is -1.65. The Bertz CT molecular complexity index is 627. The average molecular weight is 314 g/mol. The minimum absolute atomic E-state index is 0.198. The van der Waals surface area contributed by atoms with E-state index < -0.39 is 0 Å². The number of aromatic nitrogens is 2. The molecule has 0 aromatic carbocycles. The molecule has 0 unspecified atom stereocenters. The summed E-state index contributed by atoms with van der Waals surface area (Å²) in [6, 6.07) is 2.14. The molecule has 0 radical (unpaired) electrons. The summed E-state index contributed by atoms with van der Waals surface area (Å²) in [5, 5.41) is 0. The van der Waals surface area contributed by atoms with E-state index in [9.17, 15) is 4.79 Å². The van der Waals surface area contributed by atoms with Crippen molar-refractivity contribution in [2.24, 2.45) is 5.41 Å². The Kier molecular flexibility index (Phi) is 3.54. The number of rotatable bonds is 2. The molecule has 5 heteroatoms. The highest BCUT2D eigenvalue weighted by Crippen LogP contribution is 2.41. The standard InChI is InChI=1S/C18H26N4O/c1-13-11-15(14-5-3-6-14)20-17(19-13)22-10-8-18(12-22)7-4-9-21(2)16(18)23/h11,14H,3-10,12H2,1-2H3/t18-/m0/s1. The summed E-state index contributed by atoms with van der Waals surface area (Å²) in [5.41, 5.74) is 2.05. The molecule has 0 N–H and O–H groups in total. The molecule has 5 nitrogen and oxygen atoms in total. The lowest BCUT2D eigenvalue weighted by molar-refractivity contribution is -0.143. The monoisotopic (exact) mass is 314 g/mol. The number of aryl methyl sites for hydroxylation is 1. The van der Waals surface area contributed by atoms with Gasteiger partial charge in [0.1, 0.15) is 0 Å². The van der Waals surface area contributed by atoms with Gasteiger partial charge in [-0.3, -0.25) is 4.79 Å². The van der Waals surface area contributed by atoms with Crippen LogP contribution in [0.1, 0.15) is 55.8 Å². The van der Waals surface area contributed by atoms with Gasteiger partial charge in [-0.25, -0.2) is 9.97 Å². The number of carbonyl (C=O) groups excluding carboxylic acids is 1. The van der Waals surface area contributed by atoms with Gasteiger partial charge in [0.25, 0.3) is 0 Å². The minimum Gasteiger partial charge on any atom is -0.345 e. The molecule has 124 valence electrons. The van der Waals surface area contributed by atoms with Crippen molar-refractivity contribution in [3.8, 4) is 0 Å². The zero-order chi connectivity index (χ0) is 16.0. The Morgan fingerprint density at radius 3 is 2.74 bits per heavy atom. The number of amides is 1. The van der Waals surface area contributed by atoms with Crippen LogP contribution in [-0.2, 0) is 4.79 Å². The van der Waals surface area contributed by atoms with E-state index in [1.54, 1.807) is 0 Å². The normalized spacial score (nSPS) is 28.5. The Labute approximate surface area is 138 Å². The third-order valence-corrected chi connectivity index (χ3v) is 5.97. The molecule has 2 aliphatic heterocycles. The second kappa shape index (κ2) is 5.46. The third-order valence-electron chi connectivity index (χ3n) is 5.97. The van der Waals surface area contributed by atoms with Crippen molar-refractivity contribution in [3.63, 3.8) is 0 Å². The molecule has 1 atom stereocenters. The first-order chi connectivity index (χ1) is 11.1. The lowest BCUT2D eigenvalue weighted by Gasteiger charge is -2.37. The quantitative estimate of drug-likeness (QED) is 0.841. The molecule has 1 aromatic rings. The molecule has 3 aliphatic rings. The average Bonchev–Trinajstić information content (AvgIpc) is 2.88. The second-order valence-electron chi connectivity index (χ2n) is 7.64. The van der Waals surface area contributed by atoms with E-state index in [0.717, 1.165) is 50.5 Å². The van der Waals surface area contributed by atoms with Crippen LogP contribution in [0.3, 0.4) is 0 Å². The van der Waals surface area contributed by atoms with Crippen molar-refractivity contribution in [1.82, 2.24) is 14.9 Å². The number of hydrogen-bond donors (Lipinski definition) is 0. The fourth-order valence-electron chi connectivity index (χ4n) is 4.32. The van der Waals surface area contributed by atoms with E-state index >= 15 is 0 Å². The van der Waals surface area contributed by atoms with Crippen molar-refractivity contribution in [2.75, 3.05) is 31.6 Å². The largest absolute Gasteiger partial charge is 0.345 e. The summed E-state index contributed by atoms with van der Waals surface area (Å²) in [6.07, 6.45) is 6.88. The maximum Gasteiger partial charge on any atom is 0.230 e. The van der Waals surface area contributed by atoms with Crippen LogP contribution in [0, 0.1) is 12.3 Å². The van der Waals surface area contributed by atoms with Crippen molar-refractivity contribution >= 4 is 11.9 Å². The van der Waals surface area contributed by atoms with Gasteiger partial charge >= 0.3 is 0 Å². The zero-order valence-electron chi connectivity index (χ0n) is 14.2. The van der Waals surface area contributed by atoms with Crippen LogP contribution >= 0.6 is 0 Å². The van der Waals surface area contributed by atoms with E-state index in [-0.39, 0.29) is 5.41 Å². The molecule has 4 rings (SSSR count). The molecule has 23 heavy (non-hydrogen) atoms. The molecule has 0 bridgehead atoms. The molecule has 1 aromatic heterocycles. The van der Waals surface area contributed by atoms with Crippen molar-refractivity contribution in [2.45, 2.75) is 51.4 Å². The number of nitrogens with zero attached hydrogens (tertiary/aromatic N) is 4. The van der Waals surface area contributed by atoms with Crippen molar-refractivity contribution in [1.29, 1.82) is 0 Å². The highest BCUT2D eigenvalue weighted by atomic mass is 16.2. The summed E-state index contributed by atoms with van der Waals surface area (Å²) in [4.78, 5) is 26.3. The van der Waals surface area contributed by atoms with Crippen molar-refractivity contribution < 1.29 is 4.79 Å². The highest BCUT2D eigenvalue weighted by molar-refractivity contribution is 5.84. The maximum atomic E-state index is 12.7. The predicted molar refractivity (Wildman–Crippen MR) is 89.5 cm³/mol. The van der Waals surface area contributed by atoms with Gasteiger partial charge in [0.15, 0.2) is 0 Å². The second-order valence-corrected chi connectivity index (χ2v) is 7.64. The number of anilines is 1. The van der Waals surface area contributed by atoms with E-state index in [1.165, 1.54) is 25.0 Å². The Balaban J connectivity index is 1.57. The maximum absolute atomic E-state index is 12.7. The first-order valence-corrected chi connectivity index (χ1v) is 8.93. The molecule has 1 spiro atoms. The molecule has 2 saturated heterocycles. The van der Waals surface area contributed by atoms with E-state index in [1.807, 2.05) is 11.9 Å². The third kappa shape index (κ3) is 2.50. The Morgan fingerprint density at radius 2 is 2.00 bits per heavy atom. The van der Waals surface area contributed by atoms with Crippen LogP contribution in [0.15, 0.2) is 6.07 Å². The first kappa shape index (κ1) is 14.9. The fraction of sp³-hybridized carbons (Fsp3) is 0.722. The van der Waals surface area contributed by atoms with E-state index in [0.29, 0.717) is 11.8 Å². The number of likely N-dealkylation sites (tertiary alicyclic amines) is 1. The summed E-state index contributed by atoms with van der Waals surface area (Å²) in [7, 11) is 1.93. The highest BCUT2D eigenvalue weighted by Gasteiger charge is 2.48. The van der Waals surface area contributed by atoms with Crippen LogP contribution in [0.5, 0.6) is 0 Å². The van der Waals surface area contributed by atoms with Crippen LogP contribution in [0.25, 0.3) is 0 Å². The molecule has 1 amide bonds. The van der Waals surface area contributed by atoms with E-state index in [2.05, 4.69) is 22.9 Å². The molecular weight excluding hydrogens is 288 g/mol. The van der Waals surface area contributed by atoms with Gasteiger partial charge < -0.3 is 9.80 Å².